The van der Waals surface area contributed by atoms with Crippen LogP contribution in [0, 0.1) is 0 Å². The molecule has 0 spiro atoms. The van der Waals surface area contributed by atoms with Gasteiger partial charge in [-0.1, -0.05) is 24.3 Å². The molecule has 0 saturated carbocycles. The Balaban J connectivity index is 1.50. The van der Waals surface area contributed by atoms with Crippen LogP contribution in [0.5, 0.6) is 0 Å². The average Bonchev–Trinajstić information content (AvgIpc) is 3.13. The van der Waals surface area contributed by atoms with Crippen LogP contribution in [0.1, 0.15) is 19.4 Å². The number of benzene rings is 2. The topological polar surface area (TPSA) is 76.0 Å². The van der Waals surface area contributed by atoms with Gasteiger partial charge in [-0.25, -0.2) is 0 Å². The lowest BCUT2D eigenvalue weighted by Gasteiger charge is -2.17. The summed E-state index contributed by atoms with van der Waals surface area (Å²) in [5, 5.41) is 8.09. The molecule has 4 aromatic rings. The standard InChI is InChI=1S/C25H26N4O2S/c1-3-29-23-9-5-4-8-20(23)21-13-19(10-11-24(21)29)32-16-22(28-17(2)30)25(31)27-15-18-7-6-12-26-14-18/h4-14,22H,3,15-16H2,1-2H3,(H,27,31)(H,28,30). The van der Waals surface area contributed by atoms with E-state index in [-0.39, 0.29) is 11.8 Å². The van der Waals surface area contributed by atoms with Gasteiger partial charge in [0.25, 0.3) is 0 Å². The minimum atomic E-state index is -0.623. The number of aromatic nitrogens is 2. The molecule has 0 saturated heterocycles. The van der Waals surface area contributed by atoms with Gasteiger partial charge in [-0.05, 0) is 42.8 Å². The van der Waals surface area contributed by atoms with Gasteiger partial charge in [-0.2, -0.15) is 0 Å². The second kappa shape index (κ2) is 9.87. The maximum absolute atomic E-state index is 12.7. The van der Waals surface area contributed by atoms with Crippen LogP contribution in [0.3, 0.4) is 0 Å². The van der Waals surface area contributed by atoms with E-state index in [0.29, 0.717) is 12.3 Å². The highest BCUT2D eigenvalue weighted by Crippen LogP contribution is 2.32. The SMILES string of the molecule is CCn1c2ccccc2c2cc(SCC(NC(C)=O)C(=O)NCc3cccnc3)ccc21. The molecule has 1 unspecified atom stereocenters. The van der Waals surface area contributed by atoms with Gasteiger partial charge in [0.2, 0.25) is 11.8 Å². The zero-order valence-corrected chi connectivity index (χ0v) is 19.0. The number of carbonyl (C=O) groups excluding carboxylic acids is 2. The first-order valence-corrected chi connectivity index (χ1v) is 11.6. The van der Waals surface area contributed by atoms with Crippen molar-refractivity contribution in [3.05, 3.63) is 72.6 Å². The summed E-state index contributed by atoms with van der Waals surface area (Å²) < 4.78 is 2.31. The van der Waals surface area contributed by atoms with E-state index in [0.717, 1.165) is 17.0 Å². The van der Waals surface area contributed by atoms with Crippen molar-refractivity contribution < 1.29 is 9.59 Å². The second-order valence-electron chi connectivity index (χ2n) is 7.58. The summed E-state index contributed by atoms with van der Waals surface area (Å²) in [6.45, 7) is 4.85. The molecule has 0 aliphatic heterocycles. The van der Waals surface area contributed by atoms with E-state index in [9.17, 15) is 9.59 Å². The predicted molar refractivity (Wildman–Crippen MR) is 130 cm³/mol. The molecule has 7 heteroatoms. The molecule has 2 amide bonds. The van der Waals surface area contributed by atoms with Crippen LogP contribution in [-0.4, -0.2) is 33.2 Å². The normalized spacial score (nSPS) is 12.1. The zero-order chi connectivity index (χ0) is 22.5. The number of nitrogens with zero attached hydrogens (tertiary/aromatic N) is 2. The second-order valence-corrected chi connectivity index (χ2v) is 8.68. The third-order valence-corrected chi connectivity index (χ3v) is 6.45. The van der Waals surface area contributed by atoms with E-state index in [1.54, 1.807) is 24.2 Å². The summed E-state index contributed by atoms with van der Waals surface area (Å²) in [6.07, 6.45) is 3.40. The Hall–Kier alpha value is -3.32. The number of rotatable bonds is 8. The van der Waals surface area contributed by atoms with Crippen LogP contribution in [-0.2, 0) is 22.7 Å². The number of para-hydroxylation sites is 1. The summed E-state index contributed by atoms with van der Waals surface area (Å²) in [7, 11) is 0. The smallest absolute Gasteiger partial charge is 0.243 e. The molecular formula is C25H26N4O2S. The molecule has 6 nitrogen and oxygen atoms in total. The Morgan fingerprint density at radius 3 is 2.62 bits per heavy atom. The number of pyridine rings is 1. The van der Waals surface area contributed by atoms with E-state index in [4.69, 9.17) is 0 Å². The minimum Gasteiger partial charge on any atom is -0.350 e. The fraction of sp³-hybridized carbons (Fsp3) is 0.240. The Labute approximate surface area is 191 Å². The van der Waals surface area contributed by atoms with Gasteiger partial charge in [0.05, 0.1) is 0 Å². The molecule has 1 atom stereocenters. The number of carbonyl (C=O) groups is 2. The quantitative estimate of drug-likeness (QED) is 0.399. The van der Waals surface area contributed by atoms with Crippen LogP contribution in [0.15, 0.2) is 71.9 Å². The number of fused-ring (bicyclic) bond motifs is 3. The van der Waals surface area contributed by atoms with E-state index in [1.165, 1.54) is 28.7 Å². The fourth-order valence-electron chi connectivity index (χ4n) is 3.89. The van der Waals surface area contributed by atoms with Crippen LogP contribution in [0.4, 0.5) is 0 Å². The highest BCUT2D eigenvalue weighted by atomic mass is 32.2. The molecule has 0 aliphatic rings. The predicted octanol–water partition coefficient (Wildman–Crippen LogP) is 4.12. The first kappa shape index (κ1) is 21.9. The first-order valence-electron chi connectivity index (χ1n) is 10.6. The highest BCUT2D eigenvalue weighted by Gasteiger charge is 2.20. The molecule has 164 valence electrons. The summed E-state index contributed by atoms with van der Waals surface area (Å²) >= 11 is 1.56. The lowest BCUT2D eigenvalue weighted by Crippen LogP contribution is -2.47. The van der Waals surface area contributed by atoms with Gasteiger partial charge in [0, 0.05) is 64.9 Å². The number of thioether (sulfide) groups is 1. The van der Waals surface area contributed by atoms with Crippen LogP contribution in [0.25, 0.3) is 21.8 Å². The molecule has 2 aromatic carbocycles. The Kier molecular flexibility index (Phi) is 6.75. The van der Waals surface area contributed by atoms with Crippen molar-refractivity contribution in [2.24, 2.45) is 0 Å². The van der Waals surface area contributed by atoms with Gasteiger partial charge >= 0.3 is 0 Å². The maximum Gasteiger partial charge on any atom is 0.243 e. The van der Waals surface area contributed by atoms with E-state index in [1.807, 2.05) is 12.1 Å². The summed E-state index contributed by atoms with van der Waals surface area (Å²) in [5.41, 5.74) is 3.33. The molecule has 2 heterocycles. The molecule has 2 N–H and O–H groups in total. The maximum atomic E-state index is 12.7. The summed E-state index contributed by atoms with van der Waals surface area (Å²) in [6, 6.07) is 17.9. The molecule has 32 heavy (non-hydrogen) atoms. The van der Waals surface area contributed by atoms with Crippen molar-refractivity contribution in [2.45, 2.75) is 37.9 Å². The molecule has 0 bridgehead atoms. The fourth-order valence-corrected chi connectivity index (χ4v) is 4.85. The summed E-state index contributed by atoms with van der Waals surface area (Å²) in [5.74, 6) is 0.00457. The van der Waals surface area contributed by atoms with Gasteiger partial charge in [-0.15, -0.1) is 11.8 Å². The van der Waals surface area contributed by atoms with Gasteiger partial charge in [-0.3, -0.25) is 14.6 Å². The van der Waals surface area contributed by atoms with E-state index >= 15 is 0 Å². The van der Waals surface area contributed by atoms with Crippen molar-refractivity contribution in [3.8, 4) is 0 Å². The Morgan fingerprint density at radius 1 is 1.06 bits per heavy atom. The number of nitrogens with one attached hydrogen (secondary N) is 2. The number of aryl methyl sites for hydroxylation is 1. The number of hydrogen-bond donors (Lipinski definition) is 2. The largest absolute Gasteiger partial charge is 0.350 e. The number of hydrogen-bond acceptors (Lipinski definition) is 4. The van der Waals surface area contributed by atoms with Gasteiger partial charge in [0.1, 0.15) is 6.04 Å². The van der Waals surface area contributed by atoms with Crippen molar-refractivity contribution in [2.75, 3.05) is 5.75 Å². The molecule has 0 radical (unpaired) electrons. The molecule has 4 rings (SSSR count). The number of amides is 2. The van der Waals surface area contributed by atoms with Crippen molar-refractivity contribution in [1.29, 1.82) is 0 Å². The monoisotopic (exact) mass is 446 g/mol. The van der Waals surface area contributed by atoms with Crippen LogP contribution in [0.2, 0.25) is 0 Å². The third-order valence-electron chi connectivity index (χ3n) is 5.36. The van der Waals surface area contributed by atoms with Gasteiger partial charge in [0.15, 0.2) is 0 Å². The molecule has 0 fully saturated rings. The zero-order valence-electron chi connectivity index (χ0n) is 18.2. The third kappa shape index (κ3) is 4.78. The van der Waals surface area contributed by atoms with Gasteiger partial charge < -0.3 is 15.2 Å². The lowest BCUT2D eigenvalue weighted by atomic mass is 10.1. The van der Waals surface area contributed by atoms with E-state index < -0.39 is 6.04 Å². The van der Waals surface area contributed by atoms with Crippen molar-refractivity contribution >= 4 is 45.4 Å². The summed E-state index contributed by atoms with van der Waals surface area (Å²) in [4.78, 5) is 29.5. The van der Waals surface area contributed by atoms with Crippen LogP contribution < -0.4 is 10.6 Å². The molecular weight excluding hydrogens is 420 g/mol. The molecule has 0 aliphatic carbocycles. The Morgan fingerprint density at radius 2 is 1.88 bits per heavy atom. The lowest BCUT2D eigenvalue weighted by molar-refractivity contribution is -0.127. The van der Waals surface area contributed by atoms with Crippen LogP contribution >= 0.6 is 11.8 Å². The minimum absolute atomic E-state index is 0.208. The first-order chi connectivity index (χ1) is 15.6. The average molecular weight is 447 g/mol. The highest BCUT2D eigenvalue weighted by molar-refractivity contribution is 7.99. The molecule has 2 aromatic heterocycles. The van der Waals surface area contributed by atoms with Crippen molar-refractivity contribution in [1.82, 2.24) is 20.2 Å². The Bertz CT molecular complexity index is 1250. The van der Waals surface area contributed by atoms with Crippen molar-refractivity contribution in [3.63, 3.8) is 0 Å². The van der Waals surface area contributed by atoms with E-state index in [2.05, 4.69) is 69.6 Å².